The Balaban J connectivity index is 2.11. The van der Waals surface area contributed by atoms with E-state index in [-0.39, 0.29) is 11.6 Å². The van der Waals surface area contributed by atoms with Crippen LogP contribution in [0.3, 0.4) is 0 Å². The quantitative estimate of drug-likeness (QED) is 0.849. The lowest BCUT2D eigenvalue weighted by molar-refractivity contribution is 0.101. The topological polar surface area (TPSA) is 92.9 Å². The molecule has 2 aromatic rings. The molecule has 0 spiro atoms. The zero-order valence-corrected chi connectivity index (χ0v) is 10.1. The van der Waals surface area contributed by atoms with Gasteiger partial charge in [-0.05, 0) is 13.8 Å². The fourth-order valence-electron chi connectivity index (χ4n) is 1.34. The normalized spacial score (nSPS) is 10.1. The molecule has 0 saturated heterocycles. The summed E-state index contributed by atoms with van der Waals surface area (Å²) in [6, 6.07) is 1.62. The molecule has 0 saturated carbocycles. The van der Waals surface area contributed by atoms with Crippen LogP contribution in [0.5, 0.6) is 0 Å². The maximum Gasteiger partial charge on any atom is 0.278 e. The van der Waals surface area contributed by atoms with Crippen LogP contribution >= 0.6 is 0 Å². The van der Waals surface area contributed by atoms with Gasteiger partial charge in [0.05, 0.1) is 18.1 Å². The Hall–Kier alpha value is -2.44. The monoisotopic (exact) mass is 247 g/mol. The van der Waals surface area contributed by atoms with Gasteiger partial charge in [0.25, 0.3) is 5.91 Å². The van der Waals surface area contributed by atoms with Crippen molar-refractivity contribution in [2.75, 3.05) is 17.2 Å². The van der Waals surface area contributed by atoms with Crippen molar-refractivity contribution in [1.29, 1.82) is 0 Å². The van der Waals surface area contributed by atoms with Gasteiger partial charge in [-0.1, -0.05) is 5.16 Å². The Morgan fingerprint density at radius 1 is 1.44 bits per heavy atom. The number of anilines is 2. The average molecular weight is 247 g/mol. The van der Waals surface area contributed by atoms with Gasteiger partial charge in [-0.3, -0.25) is 15.1 Å². The summed E-state index contributed by atoms with van der Waals surface area (Å²) < 4.78 is 4.89. The van der Waals surface area contributed by atoms with E-state index in [0.717, 1.165) is 0 Å². The maximum absolute atomic E-state index is 11.9. The third-order valence-electron chi connectivity index (χ3n) is 2.09. The summed E-state index contributed by atoms with van der Waals surface area (Å²) in [4.78, 5) is 19.9. The van der Waals surface area contributed by atoms with E-state index in [1.54, 1.807) is 19.2 Å². The Kier molecular flexibility index (Phi) is 3.52. The van der Waals surface area contributed by atoms with Crippen molar-refractivity contribution in [2.45, 2.75) is 13.8 Å². The Morgan fingerprint density at radius 3 is 2.94 bits per heavy atom. The lowest BCUT2D eigenvalue weighted by atomic mass is 10.4. The van der Waals surface area contributed by atoms with Crippen LogP contribution in [0.2, 0.25) is 0 Å². The second-order valence-electron chi connectivity index (χ2n) is 3.61. The molecule has 0 aromatic carbocycles. The fourth-order valence-corrected chi connectivity index (χ4v) is 1.34. The summed E-state index contributed by atoms with van der Waals surface area (Å²) in [5.74, 6) is 0.449. The summed E-state index contributed by atoms with van der Waals surface area (Å²) in [6.07, 6.45) is 2.94. The van der Waals surface area contributed by atoms with Crippen LogP contribution in [0.25, 0.3) is 0 Å². The highest BCUT2D eigenvalue weighted by Crippen LogP contribution is 2.10. The molecule has 7 nitrogen and oxygen atoms in total. The van der Waals surface area contributed by atoms with Gasteiger partial charge < -0.3 is 9.84 Å². The first kappa shape index (κ1) is 12.0. The molecule has 0 radical (unpaired) electrons. The SMILES string of the molecule is CCNc1cncc(C(=O)Nc2cc(C)no2)n1. The number of aromatic nitrogens is 3. The Labute approximate surface area is 104 Å². The van der Waals surface area contributed by atoms with Crippen molar-refractivity contribution in [3.05, 3.63) is 29.8 Å². The van der Waals surface area contributed by atoms with Crippen LogP contribution < -0.4 is 10.6 Å². The zero-order chi connectivity index (χ0) is 13.0. The molecule has 0 unspecified atom stereocenters. The highest BCUT2D eigenvalue weighted by Gasteiger charge is 2.11. The summed E-state index contributed by atoms with van der Waals surface area (Å²) in [5, 5.41) is 9.20. The highest BCUT2D eigenvalue weighted by molar-refractivity contribution is 6.02. The number of rotatable bonds is 4. The first-order chi connectivity index (χ1) is 8.69. The standard InChI is InChI=1S/C11H13N5O2/c1-3-13-9-6-12-5-8(14-9)11(17)15-10-4-7(2)16-18-10/h4-6H,3H2,1-2H3,(H,13,14)(H,15,17). The maximum atomic E-state index is 11.9. The number of carbonyl (C=O) groups is 1. The molecule has 0 bridgehead atoms. The van der Waals surface area contributed by atoms with Crippen LogP contribution in [0.4, 0.5) is 11.7 Å². The molecule has 0 atom stereocenters. The third kappa shape index (κ3) is 2.82. The molecule has 94 valence electrons. The van der Waals surface area contributed by atoms with E-state index >= 15 is 0 Å². The fraction of sp³-hybridized carbons (Fsp3) is 0.273. The van der Waals surface area contributed by atoms with Gasteiger partial charge in [-0.15, -0.1) is 0 Å². The summed E-state index contributed by atoms with van der Waals surface area (Å²) in [7, 11) is 0. The van der Waals surface area contributed by atoms with E-state index in [2.05, 4.69) is 25.8 Å². The lowest BCUT2D eigenvalue weighted by Crippen LogP contribution is -2.14. The Bertz CT molecular complexity index is 552. The molecule has 0 aliphatic carbocycles. The van der Waals surface area contributed by atoms with Gasteiger partial charge in [0.15, 0.2) is 0 Å². The molecule has 2 aromatic heterocycles. The molecule has 2 N–H and O–H groups in total. The van der Waals surface area contributed by atoms with Gasteiger partial charge in [0.1, 0.15) is 11.5 Å². The smallest absolute Gasteiger partial charge is 0.278 e. The molecule has 1 amide bonds. The number of hydrogen-bond acceptors (Lipinski definition) is 6. The van der Waals surface area contributed by atoms with Gasteiger partial charge in [-0.2, -0.15) is 0 Å². The number of aryl methyl sites for hydroxylation is 1. The van der Waals surface area contributed by atoms with Crippen molar-refractivity contribution < 1.29 is 9.32 Å². The van der Waals surface area contributed by atoms with Crippen LogP contribution in [0, 0.1) is 6.92 Å². The highest BCUT2D eigenvalue weighted by atomic mass is 16.5. The lowest BCUT2D eigenvalue weighted by Gasteiger charge is -2.03. The number of hydrogen-bond donors (Lipinski definition) is 2. The van der Waals surface area contributed by atoms with E-state index in [1.165, 1.54) is 6.20 Å². The van der Waals surface area contributed by atoms with Crippen molar-refractivity contribution in [1.82, 2.24) is 15.1 Å². The number of amides is 1. The third-order valence-corrected chi connectivity index (χ3v) is 2.09. The Morgan fingerprint density at radius 2 is 2.28 bits per heavy atom. The molecule has 18 heavy (non-hydrogen) atoms. The van der Waals surface area contributed by atoms with Gasteiger partial charge >= 0.3 is 0 Å². The predicted molar refractivity (Wildman–Crippen MR) is 65.4 cm³/mol. The molecule has 2 rings (SSSR count). The number of carbonyl (C=O) groups excluding carboxylic acids is 1. The van der Waals surface area contributed by atoms with Gasteiger partial charge in [0.2, 0.25) is 5.88 Å². The van der Waals surface area contributed by atoms with E-state index < -0.39 is 5.91 Å². The second-order valence-corrected chi connectivity index (χ2v) is 3.61. The molecular weight excluding hydrogens is 234 g/mol. The van der Waals surface area contributed by atoms with Gasteiger partial charge in [-0.25, -0.2) is 4.98 Å². The van der Waals surface area contributed by atoms with E-state index in [0.29, 0.717) is 18.1 Å². The van der Waals surface area contributed by atoms with Crippen molar-refractivity contribution in [3.8, 4) is 0 Å². The summed E-state index contributed by atoms with van der Waals surface area (Å²) >= 11 is 0. The van der Waals surface area contributed by atoms with Crippen LogP contribution in [0.15, 0.2) is 23.0 Å². The first-order valence-corrected chi connectivity index (χ1v) is 5.49. The molecule has 2 heterocycles. The predicted octanol–water partition coefficient (Wildman–Crippen LogP) is 1.46. The average Bonchev–Trinajstić information content (AvgIpc) is 2.75. The van der Waals surface area contributed by atoms with E-state index in [4.69, 9.17) is 4.52 Å². The second kappa shape index (κ2) is 5.26. The minimum absolute atomic E-state index is 0.211. The number of nitrogens with one attached hydrogen (secondary N) is 2. The minimum Gasteiger partial charge on any atom is -0.369 e. The minimum atomic E-state index is -0.390. The van der Waals surface area contributed by atoms with E-state index in [1.807, 2.05) is 6.92 Å². The van der Waals surface area contributed by atoms with E-state index in [9.17, 15) is 4.79 Å². The molecule has 0 fully saturated rings. The van der Waals surface area contributed by atoms with Crippen molar-refractivity contribution in [2.24, 2.45) is 0 Å². The van der Waals surface area contributed by atoms with Crippen LogP contribution in [-0.2, 0) is 0 Å². The largest absolute Gasteiger partial charge is 0.369 e. The van der Waals surface area contributed by atoms with Crippen LogP contribution in [-0.4, -0.2) is 27.6 Å². The number of nitrogens with zero attached hydrogens (tertiary/aromatic N) is 3. The van der Waals surface area contributed by atoms with Crippen molar-refractivity contribution >= 4 is 17.6 Å². The van der Waals surface area contributed by atoms with Gasteiger partial charge in [0, 0.05) is 12.6 Å². The van der Waals surface area contributed by atoms with Crippen LogP contribution in [0.1, 0.15) is 23.1 Å². The molecule has 0 aliphatic heterocycles. The molecule has 0 aliphatic rings. The molecular formula is C11H13N5O2. The van der Waals surface area contributed by atoms with Crippen molar-refractivity contribution in [3.63, 3.8) is 0 Å². The first-order valence-electron chi connectivity index (χ1n) is 5.49. The summed E-state index contributed by atoms with van der Waals surface area (Å²) in [5.41, 5.74) is 0.903. The summed E-state index contributed by atoms with van der Waals surface area (Å²) in [6.45, 7) is 4.41. The molecule has 7 heteroatoms. The zero-order valence-electron chi connectivity index (χ0n) is 10.1.